The number of carbonyl (C=O) groups excluding carboxylic acids is 1. The minimum Gasteiger partial charge on any atom is -0.493 e. The van der Waals surface area contributed by atoms with E-state index in [1.807, 2.05) is 13.0 Å². The van der Waals surface area contributed by atoms with Crippen LogP contribution in [0.15, 0.2) is 41.5 Å². The molecule has 0 aliphatic heterocycles. The summed E-state index contributed by atoms with van der Waals surface area (Å²) in [5, 5.41) is 4.55. The molecule has 0 fully saturated rings. The zero-order chi connectivity index (χ0) is 16.8. The number of rotatable bonds is 5. The van der Waals surface area contributed by atoms with E-state index in [4.69, 9.17) is 21.1 Å². The summed E-state index contributed by atoms with van der Waals surface area (Å²) >= 11 is 5.79. The SMILES string of the molecule is COc1cc(C)c(/C=N\NC(=O)c2ccc(Cl)cc2)cc1OC. The number of nitrogens with zero attached hydrogens (tertiary/aromatic N) is 1. The fraction of sp³-hybridized carbons (Fsp3) is 0.176. The third kappa shape index (κ3) is 4.23. The Bertz CT molecular complexity index is 727. The highest BCUT2D eigenvalue weighted by atomic mass is 35.5. The summed E-state index contributed by atoms with van der Waals surface area (Å²) in [7, 11) is 3.15. The largest absolute Gasteiger partial charge is 0.493 e. The molecule has 0 atom stereocenters. The molecule has 0 aliphatic rings. The van der Waals surface area contributed by atoms with Gasteiger partial charge in [-0.3, -0.25) is 4.79 Å². The van der Waals surface area contributed by atoms with Crippen LogP contribution < -0.4 is 14.9 Å². The Hall–Kier alpha value is -2.53. The molecule has 2 aromatic rings. The molecule has 0 heterocycles. The first-order valence-electron chi connectivity index (χ1n) is 6.86. The molecule has 0 bridgehead atoms. The van der Waals surface area contributed by atoms with Crippen LogP contribution in [0.25, 0.3) is 0 Å². The average Bonchev–Trinajstić information content (AvgIpc) is 2.56. The predicted molar refractivity (Wildman–Crippen MR) is 90.8 cm³/mol. The second-order valence-corrected chi connectivity index (χ2v) is 5.21. The Balaban J connectivity index is 2.11. The van der Waals surface area contributed by atoms with Crippen LogP contribution in [-0.2, 0) is 0 Å². The van der Waals surface area contributed by atoms with E-state index in [9.17, 15) is 4.79 Å². The van der Waals surface area contributed by atoms with Gasteiger partial charge in [0.2, 0.25) is 0 Å². The molecule has 5 nitrogen and oxygen atoms in total. The Kier molecular flexibility index (Phi) is 5.60. The van der Waals surface area contributed by atoms with Gasteiger partial charge in [0, 0.05) is 16.1 Å². The van der Waals surface area contributed by atoms with Crippen LogP contribution in [-0.4, -0.2) is 26.3 Å². The quantitative estimate of drug-likeness (QED) is 0.674. The van der Waals surface area contributed by atoms with Crippen LogP contribution in [0.2, 0.25) is 5.02 Å². The van der Waals surface area contributed by atoms with Crippen molar-refractivity contribution in [2.45, 2.75) is 6.92 Å². The molecule has 2 aromatic carbocycles. The van der Waals surface area contributed by atoms with Crippen molar-refractivity contribution in [3.05, 3.63) is 58.1 Å². The molecule has 0 aromatic heterocycles. The highest BCUT2D eigenvalue weighted by Gasteiger charge is 2.07. The third-order valence-corrected chi connectivity index (χ3v) is 3.50. The van der Waals surface area contributed by atoms with E-state index in [-0.39, 0.29) is 5.91 Å². The van der Waals surface area contributed by atoms with Gasteiger partial charge in [-0.2, -0.15) is 5.10 Å². The van der Waals surface area contributed by atoms with Crippen molar-refractivity contribution in [3.8, 4) is 11.5 Å². The molecular formula is C17H17ClN2O3. The number of hydrazone groups is 1. The number of amides is 1. The number of hydrogen-bond acceptors (Lipinski definition) is 4. The Labute approximate surface area is 139 Å². The maximum Gasteiger partial charge on any atom is 0.271 e. The van der Waals surface area contributed by atoms with Gasteiger partial charge in [0.05, 0.1) is 20.4 Å². The van der Waals surface area contributed by atoms with E-state index < -0.39 is 0 Å². The van der Waals surface area contributed by atoms with Crippen LogP contribution in [0, 0.1) is 6.92 Å². The van der Waals surface area contributed by atoms with Crippen LogP contribution >= 0.6 is 11.6 Å². The second kappa shape index (κ2) is 7.65. The average molecular weight is 333 g/mol. The number of benzene rings is 2. The molecule has 6 heteroatoms. The summed E-state index contributed by atoms with van der Waals surface area (Å²) in [4.78, 5) is 11.9. The minimum atomic E-state index is -0.309. The fourth-order valence-corrected chi connectivity index (χ4v) is 2.09. The lowest BCUT2D eigenvalue weighted by atomic mass is 10.1. The van der Waals surface area contributed by atoms with Crippen molar-refractivity contribution in [2.75, 3.05) is 14.2 Å². The molecule has 23 heavy (non-hydrogen) atoms. The maximum absolute atomic E-state index is 11.9. The monoisotopic (exact) mass is 332 g/mol. The second-order valence-electron chi connectivity index (χ2n) is 4.77. The summed E-state index contributed by atoms with van der Waals surface area (Å²) in [6.45, 7) is 1.92. The first-order valence-corrected chi connectivity index (χ1v) is 7.24. The van der Waals surface area contributed by atoms with E-state index in [1.165, 1.54) is 0 Å². The molecular weight excluding hydrogens is 316 g/mol. The van der Waals surface area contributed by atoms with Crippen LogP contribution in [0.1, 0.15) is 21.5 Å². The molecule has 0 saturated heterocycles. The molecule has 0 spiro atoms. The van der Waals surface area contributed by atoms with Gasteiger partial charge in [-0.15, -0.1) is 0 Å². The lowest BCUT2D eigenvalue weighted by Gasteiger charge is -2.10. The molecule has 0 saturated carbocycles. The molecule has 120 valence electrons. The van der Waals surface area contributed by atoms with Crippen molar-refractivity contribution in [2.24, 2.45) is 5.10 Å². The summed E-state index contributed by atoms with van der Waals surface area (Å²) in [5.41, 5.74) is 4.73. The van der Waals surface area contributed by atoms with Gasteiger partial charge in [0.1, 0.15) is 0 Å². The van der Waals surface area contributed by atoms with Crippen LogP contribution in [0.3, 0.4) is 0 Å². The van der Waals surface area contributed by atoms with Gasteiger partial charge in [0.15, 0.2) is 11.5 Å². The number of carbonyl (C=O) groups is 1. The Morgan fingerprint density at radius 3 is 2.35 bits per heavy atom. The van der Waals surface area contributed by atoms with E-state index in [2.05, 4.69) is 10.5 Å². The Morgan fingerprint density at radius 1 is 1.13 bits per heavy atom. The number of ether oxygens (including phenoxy) is 2. The summed E-state index contributed by atoms with van der Waals surface area (Å²) < 4.78 is 10.5. The zero-order valence-electron chi connectivity index (χ0n) is 13.1. The summed E-state index contributed by atoms with van der Waals surface area (Å²) in [6.07, 6.45) is 1.56. The van der Waals surface area contributed by atoms with E-state index >= 15 is 0 Å². The topological polar surface area (TPSA) is 59.9 Å². The zero-order valence-corrected chi connectivity index (χ0v) is 13.8. The molecule has 0 unspecified atom stereocenters. The van der Waals surface area contributed by atoms with Crippen molar-refractivity contribution in [1.82, 2.24) is 5.43 Å². The van der Waals surface area contributed by atoms with Crippen molar-refractivity contribution in [1.29, 1.82) is 0 Å². The van der Waals surface area contributed by atoms with E-state index in [0.717, 1.165) is 11.1 Å². The van der Waals surface area contributed by atoms with Gasteiger partial charge in [-0.05, 0) is 48.9 Å². The number of aryl methyl sites for hydroxylation is 1. The molecule has 2 rings (SSSR count). The predicted octanol–water partition coefficient (Wildman–Crippen LogP) is 3.43. The van der Waals surface area contributed by atoms with Crippen LogP contribution in [0.4, 0.5) is 0 Å². The third-order valence-electron chi connectivity index (χ3n) is 3.25. The fourth-order valence-electron chi connectivity index (χ4n) is 1.96. The van der Waals surface area contributed by atoms with Gasteiger partial charge < -0.3 is 9.47 Å². The number of halogens is 1. The molecule has 0 radical (unpaired) electrons. The highest BCUT2D eigenvalue weighted by Crippen LogP contribution is 2.29. The summed E-state index contributed by atoms with van der Waals surface area (Å²) in [5.74, 6) is 0.937. The number of hydrogen-bond donors (Lipinski definition) is 1. The van der Waals surface area contributed by atoms with Crippen molar-refractivity contribution in [3.63, 3.8) is 0 Å². The normalized spacial score (nSPS) is 10.6. The minimum absolute atomic E-state index is 0.309. The van der Waals surface area contributed by atoms with E-state index in [1.54, 1.807) is 50.8 Å². The van der Waals surface area contributed by atoms with Gasteiger partial charge in [0.25, 0.3) is 5.91 Å². The first-order chi connectivity index (χ1) is 11.0. The van der Waals surface area contributed by atoms with Crippen molar-refractivity contribution >= 4 is 23.7 Å². The van der Waals surface area contributed by atoms with Gasteiger partial charge >= 0.3 is 0 Å². The molecule has 1 N–H and O–H groups in total. The summed E-state index contributed by atoms with van der Waals surface area (Å²) in [6, 6.07) is 10.2. The highest BCUT2D eigenvalue weighted by molar-refractivity contribution is 6.30. The standard InChI is InChI=1S/C17H17ClN2O3/c1-11-8-15(22-2)16(23-3)9-13(11)10-19-20-17(21)12-4-6-14(18)7-5-12/h4-10H,1-3H3,(H,20,21)/b19-10-. The smallest absolute Gasteiger partial charge is 0.271 e. The van der Waals surface area contributed by atoms with Gasteiger partial charge in [-0.1, -0.05) is 11.6 Å². The molecule has 1 amide bonds. The molecule has 0 aliphatic carbocycles. The van der Waals surface area contributed by atoms with E-state index in [0.29, 0.717) is 22.1 Å². The van der Waals surface area contributed by atoms with Crippen molar-refractivity contribution < 1.29 is 14.3 Å². The maximum atomic E-state index is 11.9. The van der Waals surface area contributed by atoms with Crippen LogP contribution in [0.5, 0.6) is 11.5 Å². The Morgan fingerprint density at radius 2 is 1.74 bits per heavy atom. The lowest BCUT2D eigenvalue weighted by molar-refractivity contribution is 0.0955. The van der Waals surface area contributed by atoms with Gasteiger partial charge in [-0.25, -0.2) is 5.43 Å². The first kappa shape index (κ1) is 16.8. The number of nitrogens with one attached hydrogen (secondary N) is 1. The lowest BCUT2D eigenvalue weighted by Crippen LogP contribution is -2.17. The number of methoxy groups -OCH3 is 2.